The molecular formula is C16H14O3. The van der Waals surface area contributed by atoms with Gasteiger partial charge in [0.15, 0.2) is 0 Å². The molecule has 3 nitrogen and oxygen atoms in total. The van der Waals surface area contributed by atoms with Crippen LogP contribution < -0.4 is 4.74 Å². The average Bonchev–Trinajstić information content (AvgIpc) is 2.39. The third-order valence-corrected chi connectivity index (χ3v) is 2.94. The predicted octanol–water partition coefficient (Wildman–Crippen LogP) is 4.10. The second kappa shape index (κ2) is 5.57. The van der Waals surface area contributed by atoms with E-state index in [1.54, 1.807) is 12.1 Å². The Morgan fingerprint density at radius 1 is 1.21 bits per heavy atom. The molecule has 0 unspecified atom stereocenters. The van der Waals surface area contributed by atoms with Crippen molar-refractivity contribution in [2.24, 2.45) is 0 Å². The lowest BCUT2D eigenvalue weighted by Gasteiger charge is -2.13. The van der Waals surface area contributed by atoms with Crippen LogP contribution in [0.1, 0.15) is 25.8 Å². The van der Waals surface area contributed by atoms with E-state index in [0.717, 1.165) is 12.0 Å². The Bertz CT molecular complexity index is 571. The zero-order chi connectivity index (χ0) is 13.8. The molecule has 0 saturated heterocycles. The van der Waals surface area contributed by atoms with Crippen LogP contribution in [0, 0.1) is 6.08 Å². The summed E-state index contributed by atoms with van der Waals surface area (Å²) in [6, 6.07) is 6.92. The minimum absolute atomic E-state index is 0.268. The van der Waals surface area contributed by atoms with Crippen molar-refractivity contribution in [2.45, 2.75) is 20.3 Å². The van der Waals surface area contributed by atoms with Gasteiger partial charge in [0.25, 0.3) is 0 Å². The van der Waals surface area contributed by atoms with Crippen LogP contribution in [0.4, 0.5) is 4.79 Å². The molecule has 1 aromatic rings. The highest BCUT2D eigenvalue weighted by molar-refractivity contribution is 5.72. The van der Waals surface area contributed by atoms with E-state index in [2.05, 4.69) is 24.7 Å². The second-order valence-corrected chi connectivity index (χ2v) is 4.53. The number of hydrogen-bond donors (Lipinski definition) is 0. The fraction of sp³-hybridized carbons (Fsp3) is 0.188. The molecule has 1 aliphatic rings. The Kier molecular flexibility index (Phi) is 3.85. The van der Waals surface area contributed by atoms with Crippen LogP contribution in [0.3, 0.4) is 0 Å². The first-order chi connectivity index (χ1) is 9.06. The van der Waals surface area contributed by atoms with Crippen molar-refractivity contribution in [2.75, 3.05) is 0 Å². The number of allylic oxidation sites excluding steroid dienone is 6. The molecule has 0 amide bonds. The first kappa shape index (κ1) is 13.1. The summed E-state index contributed by atoms with van der Waals surface area (Å²) < 4.78 is 4.47. The Balaban J connectivity index is 2.19. The summed E-state index contributed by atoms with van der Waals surface area (Å²) >= 11 is 0. The van der Waals surface area contributed by atoms with Crippen molar-refractivity contribution in [3.63, 3.8) is 0 Å². The van der Waals surface area contributed by atoms with E-state index in [1.165, 1.54) is 16.7 Å². The normalized spacial score (nSPS) is 14.0. The fourth-order valence-corrected chi connectivity index (χ4v) is 1.90. The maximum Gasteiger partial charge on any atom is 0.555 e. The van der Waals surface area contributed by atoms with Gasteiger partial charge in [0, 0.05) is 0 Å². The van der Waals surface area contributed by atoms with Gasteiger partial charge in [-0.05, 0) is 55.2 Å². The number of carbonyl (C=O) groups excluding carboxylic acids is 1. The lowest BCUT2D eigenvalue weighted by atomic mass is 9.92. The molecule has 0 aliphatic heterocycles. The van der Waals surface area contributed by atoms with Gasteiger partial charge in [-0.15, -0.1) is 0 Å². The summed E-state index contributed by atoms with van der Waals surface area (Å²) in [5, 5.41) is 10.3. The van der Waals surface area contributed by atoms with Crippen LogP contribution in [0.15, 0.2) is 47.6 Å². The van der Waals surface area contributed by atoms with Gasteiger partial charge >= 0.3 is 6.16 Å². The molecule has 19 heavy (non-hydrogen) atoms. The van der Waals surface area contributed by atoms with Crippen LogP contribution in [0.5, 0.6) is 5.75 Å². The molecule has 1 aromatic carbocycles. The van der Waals surface area contributed by atoms with Gasteiger partial charge in [-0.2, -0.15) is 9.90 Å². The highest BCUT2D eigenvalue weighted by Gasteiger charge is 2.09. The van der Waals surface area contributed by atoms with Crippen LogP contribution in [0.2, 0.25) is 0 Å². The molecule has 0 fully saturated rings. The standard InChI is InChI=1S/C16H14O3/c1-11(2)13-4-3-5-14(10-13)12-6-8-15(9-7-12)19-16(17)18/h3,5-9H,10H2,1-2H3. The second-order valence-electron chi connectivity index (χ2n) is 4.53. The van der Waals surface area contributed by atoms with Crippen molar-refractivity contribution in [1.82, 2.24) is 0 Å². The predicted molar refractivity (Wildman–Crippen MR) is 71.9 cm³/mol. The lowest BCUT2D eigenvalue weighted by Crippen LogP contribution is -2.01. The van der Waals surface area contributed by atoms with Crippen LogP contribution in [-0.2, 0) is 5.11 Å². The highest BCUT2D eigenvalue weighted by atomic mass is 16.7. The topological polar surface area (TPSA) is 46.2 Å². The van der Waals surface area contributed by atoms with Gasteiger partial charge in [0.2, 0.25) is 0 Å². The monoisotopic (exact) mass is 254 g/mol. The average molecular weight is 254 g/mol. The third kappa shape index (κ3) is 3.35. The van der Waals surface area contributed by atoms with E-state index in [-0.39, 0.29) is 5.75 Å². The Morgan fingerprint density at radius 2 is 1.89 bits per heavy atom. The number of ether oxygens (including phenoxy) is 1. The highest BCUT2D eigenvalue weighted by Crippen LogP contribution is 2.29. The van der Waals surface area contributed by atoms with Gasteiger partial charge in [0.1, 0.15) is 5.75 Å². The molecule has 0 spiro atoms. The minimum Gasteiger partial charge on any atom is -0.392 e. The van der Waals surface area contributed by atoms with E-state index < -0.39 is 6.16 Å². The zero-order valence-corrected chi connectivity index (χ0v) is 10.9. The quantitative estimate of drug-likeness (QED) is 0.589. The first-order valence-corrected chi connectivity index (χ1v) is 6.01. The van der Waals surface area contributed by atoms with E-state index in [9.17, 15) is 9.90 Å². The molecule has 0 aromatic heterocycles. The van der Waals surface area contributed by atoms with Gasteiger partial charge < -0.3 is 4.74 Å². The number of carbonyl (C=O) groups is 1. The SMILES string of the molecule is CC(C)=C1[C]=CC=C(c2ccc(OC([O])=O)cc2)C1. The van der Waals surface area contributed by atoms with Crippen LogP contribution in [0.25, 0.3) is 5.57 Å². The molecule has 3 heteroatoms. The van der Waals surface area contributed by atoms with Crippen molar-refractivity contribution in [3.8, 4) is 5.75 Å². The van der Waals surface area contributed by atoms with Crippen LogP contribution >= 0.6 is 0 Å². The minimum atomic E-state index is -1.55. The molecule has 2 rings (SSSR count). The van der Waals surface area contributed by atoms with Gasteiger partial charge in [-0.1, -0.05) is 29.9 Å². The Morgan fingerprint density at radius 3 is 2.47 bits per heavy atom. The summed E-state index contributed by atoms with van der Waals surface area (Å²) in [6.45, 7) is 4.13. The summed E-state index contributed by atoms with van der Waals surface area (Å²) in [6.07, 6.45) is 6.43. The Labute approximate surface area is 112 Å². The van der Waals surface area contributed by atoms with Crippen molar-refractivity contribution < 1.29 is 14.6 Å². The molecular weight excluding hydrogens is 240 g/mol. The first-order valence-electron chi connectivity index (χ1n) is 6.01. The molecule has 0 heterocycles. The van der Waals surface area contributed by atoms with E-state index >= 15 is 0 Å². The Hall–Kier alpha value is -2.29. The smallest absolute Gasteiger partial charge is 0.392 e. The van der Waals surface area contributed by atoms with E-state index in [1.807, 2.05) is 24.3 Å². The zero-order valence-electron chi connectivity index (χ0n) is 10.9. The fourth-order valence-electron chi connectivity index (χ4n) is 1.90. The summed E-state index contributed by atoms with van der Waals surface area (Å²) in [5.41, 5.74) is 4.66. The van der Waals surface area contributed by atoms with Gasteiger partial charge in [0.05, 0.1) is 0 Å². The van der Waals surface area contributed by atoms with Crippen molar-refractivity contribution >= 4 is 11.7 Å². The summed E-state index contributed by atoms with van der Waals surface area (Å²) in [7, 11) is 0. The molecule has 96 valence electrons. The van der Waals surface area contributed by atoms with Crippen LogP contribution in [-0.4, -0.2) is 6.16 Å². The van der Waals surface area contributed by atoms with Crippen molar-refractivity contribution in [3.05, 3.63) is 59.2 Å². The number of benzene rings is 1. The molecule has 0 saturated carbocycles. The molecule has 1 aliphatic carbocycles. The summed E-state index contributed by atoms with van der Waals surface area (Å²) in [4.78, 5) is 10.3. The molecule has 0 N–H and O–H groups in total. The largest absolute Gasteiger partial charge is 0.555 e. The van der Waals surface area contributed by atoms with Gasteiger partial charge in [-0.25, -0.2) is 0 Å². The third-order valence-electron chi connectivity index (χ3n) is 2.94. The molecule has 0 atom stereocenters. The maximum absolute atomic E-state index is 10.3. The number of rotatable bonds is 2. The van der Waals surface area contributed by atoms with Crippen molar-refractivity contribution in [1.29, 1.82) is 0 Å². The number of hydrogen-bond acceptors (Lipinski definition) is 2. The maximum atomic E-state index is 10.3. The van der Waals surface area contributed by atoms with Gasteiger partial charge in [-0.3, -0.25) is 0 Å². The van der Waals surface area contributed by atoms with E-state index in [4.69, 9.17) is 0 Å². The molecule has 2 radical (unpaired) electrons. The molecule has 0 bridgehead atoms. The lowest BCUT2D eigenvalue weighted by molar-refractivity contribution is 0.117. The summed E-state index contributed by atoms with van der Waals surface area (Å²) in [5.74, 6) is 0.268. The van der Waals surface area contributed by atoms with E-state index in [0.29, 0.717) is 0 Å².